The molecule has 1 saturated carbocycles. The fourth-order valence-electron chi connectivity index (χ4n) is 5.14. The van der Waals surface area contributed by atoms with Gasteiger partial charge in [-0.25, -0.2) is 0 Å². The van der Waals surface area contributed by atoms with Gasteiger partial charge in [-0.2, -0.15) is 0 Å². The lowest BCUT2D eigenvalue weighted by atomic mass is 9.81. The Morgan fingerprint density at radius 3 is 1.79 bits per heavy atom. The number of rotatable bonds is 2. The van der Waals surface area contributed by atoms with Crippen LogP contribution in [0.4, 0.5) is 11.4 Å². The Labute approximate surface area is 170 Å². The Balaban J connectivity index is 1.50. The van der Waals surface area contributed by atoms with Crippen molar-refractivity contribution in [3.05, 3.63) is 59.7 Å². The third kappa shape index (κ3) is 2.96. The summed E-state index contributed by atoms with van der Waals surface area (Å²) in [5.41, 5.74) is 3.90. The molecule has 5 heteroatoms. The second-order valence-electron chi connectivity index (χ2n) is 8.25. The molecule has 2 heterocycles. The van der Waals surface area contributed by atoms with Crippen molar-refractivity contribution in [2.24, 2.45) is 11.8 Å². The van der Waals surface area contributed by atoms with Crippen LogP contribution in [0.2, 0.25) is 0 Å². The molecule has 2 aliphatic heterocycles. The molecule has 0 N–H and O–H groups in total. The predicted molar refractivity (Wildman–Crippen MR) is 110 cm³/mol. The molecule has 0 aromatic heterocycles. The summed E-state index contributed by atoms with van der Waals surface area (Å²) in [7, 11) is 0. The number of anilines is 2. The van der Waals surface area contributed by atoms with Crippen molar-refractivity contribution in [2.45, 2.75) is 38.5 Å². The van der Waals surface area contributed by atoms with Gasteiger partial charge in [0.05, 0.1) is 23.2 Å². The van der Waals surface area contributed by atoms with Crippen molar-refractivity contribution in [2.75, 3.05) is 11.4 Å². The van der Waals surface area contributed by atoms with Gasteiger partial charge in [-0.15, -0.1) is 0 Å². The molecule has 148 valence electrons. The van der Waals surface area contributed by atoms with E-state index in [0.29, 0.717) is 0 Å². The first kappa shape index (κ1) is 18.1. The summed E-state index contributed by atoms with van der Waals surface area (Å²) in [6, 6.07) is 15.8. The smallest absolute Gasteiger partial charge is 0.251 e. The Morgan fingerprint density at radius 2 is 1.28 bits per heavy atom. The molecule has 0 unspecified atom stereocenters. The highest BCUT2D eigenvalue weighted by atomic mass is 16.2. The van der Waals surface area contributed by atoms with E-state index in [9.17, 15) is 14.4 Å². The molecule has 0 bridgehead atoms. The maximum absolute atomic E-state index is 13.5. The third-order valence-electron chi connectivity index (χ3n) is 6.60. The van der Waals surface area contributed by atoms with Crippen LogP contribution in [0.15, 0.2) is 48.5 Å². The van der Waals surface area contributed by atoms with E-state index in [1.165, 1.54) is 4.90 Å². The zero-order valence-corrected chi connectivity index (χ0v) is 16.3. The van der Waals surface area contributed by atoms with Crippen molar-refractivity contribution >= 4 is 29.1 Å². The van der Waals surface area contributed by atoms with Crippen molar-refractivity contribution in [1.29, 1.82) is 0 Å². The van der Waals surface area contributed by atoms with Gasteiger partial charge in [-0.05, 0) is 48.9 Å². The highest BCUT2D eigenvalue weighted by Crippen LogP contribution is 2.39. The number of fused-ring (bicyclic) bond motifs is 3. The van der Waals surface area contributed by atoms with Gasteiger partial charge in [0, 0.05) is 0 Å². The number of carbonyl (C=O) groups excluding carboxylic acids is 3. The summed E-state index contributed by atoms with van der Waals surface area (Å²) >= 11 is 0. The van der Waals surface area contributed by atoms with Crippen LogP contribution in [0.25, 0.3) is 0 Å². The van der Waals surface area contributed by atoms with E-state index in [-0.39, 0.29) is 36.1 Å². The van der Waals surface area contributed by atoms with Crippen LogP contribution in [0.1, 0.15) is 36.8 Å². The Morgan fingerprint density at radius 1 is 0.793 bits per heavy atom. The zero-order valence-electron chi connectivity index (χ0n) is 16.3. The fraction of sp³-hybridized carbons (Fsp3) is 0.375. The van der Waals surface area contributed by atoms with Crippen LogP contribution < -0.4 is 4.90 Å². The molecule has 0 spiro atoms. The van der Waals surface area contributed by atoms with Crippen LogP contribution in [0.3, 0.4) is 0 Å². The van der Waals surface area contributed by atoms with Crippen LogP contribution in [-0.4, -0.2) is 29.2 Å². The number of carbonyl (C=O) groups is 3. The number of hydrogen-bond donors (Lipinski definition) is 0. The molecule has 3 aliphatic rings. The van der Waals surface area contributed by atoms with Gasteiger partial charge in [0.2, 0.25) is 11.8 Å². The average molecular weight is 388 g/mol. The summed E-state index contributed by atoms with van der Waals surface area (Å²) in [4.78, 5) is 42.2. The molecular weight excluding hydrogens is 364 g/mol. The van der Waals surface area contributed by atoms with E-state index in [1.54, 1.807) is 4.90 Å². The van der Waals surface area contributed by atoms with Gasteiger partial charge >= 0.3 is 0 Å². The van der Waals surface area contributed by atoms with E-state index in [2.05, 4.69) is 0 Å². The second kappa shape index (κ2) is 7.14. The van der Waals surface area contributed by atoms with Gasteiger partial charge in [0.25, 0.3) is 5.91 Å². The average Bonchev–Trinajstić information content (AvgIpc) is 2.90. The van der Waals surface area contributed by atoms with Gasteiger partial charge in [-0.3, -0.25) is 24.2 Å². The lowest BCUT2D eigenvalue weighted by Crippen LogP contribution is -2.42. The number of amides is 3. The highest BCUT2D eigenvalue weighted by Gasteiger charge is 2.49. The van der Waals surface area contributed by atoms with Gasteiger partial charge in [0.15, 0.2) is 0 Å². The summed E-state index contributed by atoms with van der Waals surface area (Å²) in [5, 5.41) is 0. The SMILES string of the molecule is O=C1[C@H]2CCCC[C@H]2C(=O)N1CC(=O)N1c2ccccc2CCc2ccccc21. The van der Waals surface area contributed by atoms with Crippen LogP contribution >= 0.6 is 0 Å². The topological polar surface area (TPSA) is 57.7 Å². The Bertz CT molecular complexity index is 928. The van der Waals surface area contributed by atoms with Crippen molar-refractivity contribution < 1.29 is 14.4 Å². The normalized spacial score (nSPS) is 23.3. The zero-order chi connectivity index (χ0) is 20.0. The van der Waals surface area contributed by atoms with E-state index >= 15 is 0 Å². The molecule has 5 nitrogen and oxygen atoms in total. The number of likely N-dealkylation sites (tertiary alicyclic amines) is 1. The van der Waals surface area contributed by atoms with Crippen LogP contribution in [-0.2, 0) is 27.2 Å². The predicted octanol–water partition coefficient (Wildman–Crippen LogP) is 3.63. The minimum atomic E-state index is -0.229. The molecule has 2 aromatic rings. The van der Waals surface area contributed by atoms with Crippen molar-refractivity contribution in [3.63, 3.8) is 0 Å². The molecule has 2 atom stereocenters. The van der Waals surface area contributed by atoms with Crippen molar-refractivity contribution in [3.8, 4) is 0 Å². The van der Waals surface area contributed by atoms with Crippen LogP contribution in [0.5, 0.6) is 0 Å². The number of hydrogen-bond acceptors (Lipinski definition) is 3. The molecule has 0 radical (unpaired) electrons. The van der Waals surface area contributed by atoms with Crippen LogP contribution in [0, 0.1) is 11.8 Å². The van der Waals surface area contributed by atoms with Crippen molar-refractivity contribution in [1.82, 2.24) is 4.90 Å². The molecule has 1 aliphatic carbocycles. The first-order chi connectivity index (χ1) is 14.1. The molecule has 2 aromatic carbocycles. The molecule has 5 rings (SSSR count). The van der Waals surface area contributed by atoms with Gasteiger partial charge in [0.1, 0.15) is 6.54 Å². The minimum Gasteiger partial charge on any atom is -0.279 e. The summed E-state index contributed by atoms with van der Waals surface area (Å²) in [6.45, 7) is -0.187. The first-order valence-corrected chi connectivity index (χ1v) is 10.5. The third-order valence-corrected chi connectivity index (χ3v) is 6.60. The lowest BCUT2D eigenvalue weighted by Gasteiger charge is -2.27. The Kier molecular flexibility index (Phi) is 4.46. The number of aryl methyl sites for hydroxylation is 2. The molecular formula is C24H24N2O3. The number of para-hydroxylation sites is 2. The molecule has 2 fully saturated rings. The fourth-order valence-corrected chi connectivity index (χ4v) is 5.14. The van der Waals surface area contributed by atoms with Gasteiger partial charge in [-0.1, -0.05) is 49.2 Å². The first-order valence-electron chi connectivity index (χ1n) is 10.5. The van der Waals surface area contributed by atoms with E-state index in [0.717, 1.165) is 61.0 Å². The number of benzene rings is 2. The summed E-state index contributed by atoms with van der Waals surface area (Å²) < 4.78 is 0. The van der Waals surface area contributed by atoms with Gasteiger partial charge < -0.3 is 0 Å². The molecule has 3 amide bonds. The van der Waals surface area contributed by atoms with E-state index in [1.807, 2.05) is 48.5 Å². The molecule has 29 heavy (non-hydrogen) atoms. The maximum Gasteiger partial charge on any atom is 0.251 e. The maximum atomic E-state index is 13.5. The summed E-state index contributed by atoms with van der Waals surface area (Å²) in [6.07, 6.45) is 5.18. The van der Waals surface area contributed by atoms with E-state index in [4.69, 9.17) is 0 Å². The summed E-state index contributed by atoms with van der Waals surface area (Å²) in [5.74, 6) is -1.01. The largest absolute Gasteiger partial charge is 0.279 e. The second-order valence-corrected chi connectivity index (χ2v) is 8.25. The molecule has 1 saturated heterocycles. The number of imide groups is 1. The van der Waals surface area contributed by atoms with E-state index < -0.39 is 0 Å². The Hall–Kier alpha value is -2.95. The quantitative estimate of drug-likeness (QED) is 0.739. The minimum absolute atomic E-state index is 0.163. The highest BCUT2D eigenvalue weighted by molar-refractivity contribution is 6.11. The monoisotopic (exact) mass is 388 g/mol. The standard InChI is InChI=1S/C24H24N2O3/c27-22(15-25-23(28)18-9-3-4-10-19(18)24(25)29)26-20-11-5-1-7-16(20)13-14-17-8-2-6-12-21(17)26/h1-2,5-8,11-12,18-19H,3-4,9-10,13-15H2/t18-,19+. The number of nitrogens with zero attached hydrogens (tertiary/aromatic N) is 2. The lowest BCUT2D eigenvalue weighted by molar-refractivity contribution is -0.143.